The Balaban J connectivity index is 3.40. The van der Waals surface area contributed by atoms with Gasteiger partial charge in [0.2, 0.25) is 0 Å². The van der Waals surface area contributed by atoms with Crippen LogP contribution in [-0.2, 0) is 9.53 Å². The van der Waals surface area contributed by atoms with Crippen molar-refractivity contribution in [1.82, 2.24) is 0 Å². The first-order chi connectivity index (χ1) is 4.68. The van der Waals surface area contributed by atoms with Crippen molar-refractivity contribution >= 4 is 5.78 Å². The highest BCUT2D eigenvalue weighted by atomic mass is 16.5. The second-order valence-corrected chi connectivity index (χ2v) is 1.91. The molecule has 10 heavy (non-hydrogen) atoms. The van der Waals surface area contributed by atoms with Gasteiger partial charge in [-0.25, -0.2) is 0 Å². The number of hydrogen-bond donors (Lipinski definition) is 0. The Labute approximate surface area is 61.2 Å². The fraction of sp³-hybridized carbons (Fsp3) is 0.375. The summed E-state index contributed by atoms with van der Waals surface area (Å²) in [5, 5.41) is 0. The average Bonchev–Trinajstić information content (AvgIpc) is 1.88. The number of allylic oxidation sites excluding steroid dienone is 1. The Morgan fingerprint density at radius 1 is 1.70 bits per heavy atom. The van der Waals surface area contributed by atoms with Crippen LogP contribution in [0.4, 0.5) is 0 Å². The third-order valence-corrected chi connectivity index (χ3v) is 0.991. The van der Waals surface area contributed by atoms with Gasteiger partial charge in [-0.05, 0) is 6.42 Å². The highest BCUT2D eigenvalue weighted by Crippen LogP contribution is 1.95. The minimum atomic E-state index is -0.121. The first-order valence-corrected chi connectivity index (χ1v) is 3.12. The summed E-state index contributed by atoms with van der Waals surface area (Å²) in [6, 6.07) is 0. The van der Waals surface area contributed by atoms with Gasteiger partial charge in [-0.1, -0.05) is 12.7 Å². The van der Waals surface area contributed by atoms with Crippen LogP contribution in [0.25, 0.3) is 0 Å². The Bertz CT molecular complexity index is 147. The lowest BCUT2D eigenvalue weighted by molar-refractivity contribution is -0.116. The maximum Gasteiger partial charge on any atom is 0.193 e. The van der Waals surface area contributed by atoms with Crippen LogP contribution in [0.5, 0.6) is 0 Å². The quantitative estimate of drug-likeness (QED) is 0.251. The predicted molar refractivity (Wildman–Crippen MR) is 40.6 cm³/mol. The summed E-state index contributed by atoms with van der Waals surface area (Å²) in [7, 11) is 0. The van der Waals surface area contributed by atoms with Crippen LogP contribution in [0.1, 0.15) is 13.3 Å². The Morgan fingerprint density at radius 3 is 2.70 bits per heavy atom. The maximum absolute atomic E-state index is 10.5. The van der Waals surface area contributed by atoms with Crippen molar-refractivity contribution in [2.24, 2.45) is 0 Å². The van der Waals surface area contributed by atoms with Crippen molar-refractivity contribution in [3.63, 3.8) is 0 Å². The summed E-state index contributed by atoms with van der Waals surface area (Å²) < 4.78 is 4.93. The molecule has 0 amide bonds. The molecule has 0 heterocycles. The largest absolute Gasteiger partial charge is 0.490 e. The van der Waals surface area contributed by atoms with Crippen LogP contribution in [0.15, 0.2) is 25.0 Å². The van der Waals surface area contributed by atoms with Gasteiger partial charge in [0, 0.05) is 6.92 Å². The zero-order valence-electron chi connectivity index (χ0n) is 6.22. The summed E-state index contributed by atoms with van der Waals surface area (Å²) in [6.45, 7) is 8.84. The Kier molecular flexibility index (Phi) is 4.29. The molecular weight excluding hydrogens is 128 g/mol. The number of rotatable bonds is 5. The standard InChI is InChI=1S/C8H12O2/c1-4-5-6-10-8(3)7(2)9/h4H,1,3,5-6H2,2H3. The highest BCUT2D eigenvalue weighted by molar-refractivity contribution is 5.90. The smallest absolute Gasteiger partial charge is 0.193 e. The summed E-state index contributed by atoms with van der Waals surface area (Å²) in [4.78, 5) is 10.5. The molecule has 0 aromatic carbocycles. The lowest BCUT2D eigenvalue weighted by Crippen LogP contribution is -2.00. The molecule has 0 radical (unpaired) electrons. The van der Waals surface area contributed by atoms with E-state index in [0.29, 0.717) is 6.61 Å². The van der Waals surface area contributed by atoms with E-state index in [1.54, 1.807) is 6.08 Å². The number of hydrogen-bond acceptors (Lipinski definition) is 2. The molecule has 2 heteroatoms. The van der Waals surface area contributed by atoms with Crippen LogP contribution in [-0.4, -0.2) is 12.4 Å². The maximum atomic E-state index is 10.5. The molecule has 0 aromatic rings. The zero-order chi connectivity index (χ0) is 7.98. The number of ketones is 1. The molecule has 0 atom stereocenters. The van der Waals surface area contributed by atoms with E-state index in [9.17, 15) is 4.79 Å². The Morgan fingerprint density at radius 2 is 2.30 bits per heavy atom. The third-order valence-electron chi connectivity index (χ3n) is 0.991. The topological polar surface area (TPSA) is 26.3 Å². The van der Waals surface area contributed by atoms with E-state index in [4.69, 9.17) is 4.74 Å². The second-order valence-electron chi connectivity index (χ2n) is 1.91. The molecule has 0 aliphatic heterocycles. The SMILES string of the molecule is C=CCCOC(=C)C(C)=O. The molecule has 0 aliphatic rings. The summed E-state index contributed by atoms with van der Waals surface area (Å²) in [5.74, 6) is 0.103. The van der Waals surface area contributed by atoms with Crippen molar-refractivity contribution in [3.8, 4) is 0 Å². The number of carbonyl (C=O) groups is 1. The van der Waals surface area contributed by atoms with Crippen molar-refractivity contribution in [1.29, 1.82) is 0 Å². The molecular formula is C8H12O2. The molecule has 0 N–H and O–H groups in total. The molecule has 56 valence electrons. The van der Waals surface area contributed by atoms with Crippen LogP contribution in [0, 0.1) is 0 Å². The minimum Gasteiger partial charge on any atom is -0.490 e. The number of ether oxygens (including phenoxy) is 1. The van der Waals surface area contributed by atoms with Crippen molar-refractivity contribution in [2.75, 3.05) is 6.61 Å². The molecule has 2 nitrogen and oxygen atoms in total. The number of carbonyl (C=O) groups excluding carboxylic acids is 1. The van der Waals surface area contributed by atoms with E-state index >= 15 is 0 Å². The van der Waals surface area contributed by atoms with Gasteiger partial charge in [-0.15, -0.1) is 6.58 Å². The van der Waals surface area contributed by atoms with Crippen LogP contribution in [0.2, 0.25) is 0 Å². The van der Waals surface area contributed by atoms with Crippen molar-refractivity contribution < 1.29 is 9.53 Å². The minimum absolute atomic E-state index is 0.121. The van der Waals surface area contributed by atoms with Gasteiger partial charge in [0.1, 0.15) is 0 Å². The Hall–Kier alpha value is -1.05. The van der Waals surface area contributed by atoms with Crippen LogP contribution in [0.3, 0.4) is 0 Å². The lowest BCUT2D eigenvalue weighted by Gasteiger charge is -2.02. The van der Waals surface area contributed by atoms with Gasteiger partial charge in [-0.3, -0.25) is 4.79 Å². The van der Waals surface area contributed by atoms with Crippen LogP contribution >= 0.6 is 0 Å². The molecule has 0 spiro atoms. The van der Waals surface area contributed by atoms with Crippen molar-refractivity contribution in [2.45, 2.75) is 13.3 Å². The van der Waals surface area contributed by atoms with Gasteiger partial charge in [0.05, 0.1) is 6.61 Å². The third kappa shape index (κ3) is 3.89. The van der Waals surface area contributed by atoms with E-state index in [1.165, 1.54) is 6.92 Å². The normalized spacial score (nSPS) is 8.50. The molecule has 0 unspecified atom stereocenters. The fourth-order valence-electron chi connectivity index (χ4n) is 0.367. The van der Waals surface area contributed by atoms with Crippen molar-refractivity contribution in [3.05, 3.63) is 25.0 Å². The molecule has 0 saturated carbocycles. The van der Waals surface area contributed by atoms with E-state index in [1.807, 2.05) is 0 Å². The lowest BCUT2D eigenvalue weighted by atomic mass is 10.4. The predicted octanol–water partition coefficient (Wildman–Crippen LogP) is 1.68. The van der Waals surface area contributed by atoms with E-state index in [2.05, 4.69) is 13.2 Å². The van der Waals surface area contributed by atoms with Gasteiger partial charge in [-0.2, -0.15) is 0 Å². The molecule has 0 aromatic heterocycles. The molecule has 0 saturated heterocycles. The molecule has 0 aliphatic carbocycles. The summed E-state index contributed by atoms with van der Waals surface area (Å²) in [6.07, 6.45) is 2.47. The highest BCUT2D eigenvalue weighted by Gasteiger charge is 1.98. The first-order valence-electron chi connectivity index (χ1n) is 3.12. The van der Waals surface area contributed by atoms with Gasteiger partial charge >= 0.3 is 0 Å². The summed E-state index contributed by atoms with van der Waals surface area (Å²) >= 11 is 0. The van der Waals surface area contributed by atoms with E-state index < -0.39 is 0 Å². The summed E-state index contributed by atoms with van der Waals surface area (Å²) in [5.41, 5.74) is 0. The average molecular weight is 140 g/mol. The fourth-order valence-corrected chi connectivity index (χ4v) is 0.367. The first kappa shape index (κ1) is 8.95. The second kappa shape index (κ2) is 4.79. The molecule has 0 bridgehead atoms. The zero-order valence-corrected chi connectivity index (χ0v) is 6.22. The van der Waals surface area contributed by atoms with Gasteiger partial charge < -0.3 is 4.74 Å². The van der Waals surface area contributed by atoms with Crippen LogP contribution < -0.4 is 0 Å². The molecule has 0 rings (SSSR count). The molecule has 0 fully saturated rings. The van der Waals surface area contributed by atoms with E-state index in [-0.39, 0.29) is 11.5 Å². The van der Waals surface area contributed by atoms with Gasteiger partial charge in [0.25, 0.3) is 0 Å². The number of Topliss-reactive ketones (excluding diaryl/α,β-unsaturated/α-hetero) is 1. The van der Waals surface area contributed by atoms with Gasteiger partial charge in [0.15, 0.2) is 11.5 Å². The monoisotopic (exact) mass is 140 g/mol. The van der Waals surface area contributed by atoms with E-state index in [0.717, 1.165) is 6.42 Å².